The zero-order chi connectivity index (χ0) is 12.4. The van der Waals surface area contributed by atoms with Crippen LogP contribution < -0.4 is 0 Å². The lowest BCUT2D eigenvalue weighted by Crippen LogP contribution is -2.26. The molecule has 0 unspecified atom stereocenters. The van der Waals surface area contributed by atoms with Gasteiger partial charge in [-0.25, -0.2) is 0 Å². The smallest absolute Gasteiger partial charge is 0.307 e. The molecule has 1 N–H and O–H groups in total. The molecular weight excluding hydrogens is 282 g/mol. The number of rotatable bonds is 3. The molecule has 1 heterocycles. The summed E-state index contributed by atoms with van der Waals surface area (Å²) >= 11 is 3.42. The summed E-state index contributed by atoms with van der Waals surface area (Å²) in [5.74, 6) is -0.872. The lowest BCUT2D eigenvalue weighted by molar-refractivity contribution is -0.141. The summed E-state index contributed by atoms with van der Waals surface area (Å²) in [5.41, 5.74) is 1.24. The number of halogens is 1. The molecule has 0 radical (unpaired) electrons. The third-order valence-electron chi connectivity index (χ3n) is 3.47. The molecule has 1 aliphatic rings. The van der Waals surface area contributed by atoms with Crippen molar-refractivity contribution in [3.63, 3.8) is 0 Å². The van der Waals surface area contributed by atoms with Crippen LogP contribution in [0.5, 0.6) is 0 Å². The summed E-state index contributed by atoms with van der Waals surface area (Å²) in [4.78, 5) is 13.2. The fourth-order valence-electron chi connectivity index (χ4n) is 2.29. The van der Waals surface area contributed by atoms with Gasteiger partial charge in [0.25, 0.3) is 0 Å². The van der Waals surface area contributed by atoms with Gasteiger partial charge in [-0.1, -0.05) is 28.1 Å². The van der Waals surface area contributed by atoms with Crippen LogP contribution in [-0.4, -0.2) is 29.1 Å². The maximum Gasteiger partial charge on any atom is 0.307 e. The number of hydrogen-bond acceptors (Lipinski definition) is 2. The van der Waals surface area contributed by atoms with Gasteiger partial charge in [0, 0.05) is 17.1 Å². The van der Waals surface area contributed by atoms with E-state index in [4.69, 9.17) is 5.11 Å². The molecule has 4 heteroatoms. The molecule has 0 aromatic heterocycles. The largest absolute Gasteiger partial charge is 0.481 e. The van der Waals surface area contributed by atoms with Crippen molar-refractivity contribution in [2.24, 2.45) is 5.92 Å². The molecule has 0 spiro atoms. The Labute approximate surface area is 110 Å². The lowest BCUT2D eigenvalue weighted by Gasteiger charge is -2.24. The highest BCUT2D eigenvalue weighted by Crippen LogP contribution is 2.28. The van der Waals surface area contributed by atoms with Gasteiger partial charge in [-0.2, -0.15) is 0 Å². The number of carbonyl (C=O) groups is 1. The van der Waals surface area contributed by atoms with E-state index in [9.17, 15) is 4.79 Å². The molecule has 0 saturated carbocycles. The summed E-state index contributed by atoms with van der Waals surface area (Å²) in [7, 11) is 0. The van der Waals surface area contributed by atoms with Crippen LogP contribution in [0.25, 0.3) is 0 Å². The van der Waals surface area contributed by atoms with Gasteiger partial charge in [-0.15, -0.1) is 0 Å². The van der Waals surface area contributed by atoms with Crippen molar-refractivity contribution < 1.29 is 9.90 Å². The average molecular weight is 298 g/mol. The highest BCUT2D eigenvalue weighted by atomic mass is 79.9. The van der Waals surface area contributed by atoms with Crippen LogP contribution in [0.4, 0.5) is 0 Å². The normalized spacial score (nSPS) is 22.6. The van der Waals surface area contributed by atoms with E-state index in [0.717, 1.165) is 17.4 Å². The monoisotopic (exact) mass is 297 g/mol. The third-order valence-corrected chi connectivity index (χ3v) is 4.00. The first-order valence-corrected chi connectivity index (χ1v) is 6.59. The predicted molar refractivity (Wildman–Crippen MR) is 69.9 cm³/mol. The molecule has 1 aromatic carbocycles. The Morgan fingerprint density at radius 2 is 2.12 bits per heavy atom. The standard InChI is InChI=1S/C13H16BrNO2/c1-9(10-2-4-12(14)5-3-10)15-7-6-11(8-15)13(16)17/h2-5,9,11H,6-8H2,1H3,(H,16,17)/t9-,11+/m0/s1. The topological polar surface area (TPSA) is 40.5 Å². The average Bonchev–Trinajstić information content (AvgIpc) is 2.78. The Balaban J connectivity index is 2.04. The number of aliphatic carboxylic acids is 1. The van der Waals surface area contributed by atoms with E-state index in [1.165, 1.54) is 5.56 Å². The molecule has 0 bridgehead atoms. The number of benzene rings is 1. The first-order valence-electron chi connectivity index (χ1n) is 5.80. The molecule has 1 aliphatic heterocycles. The minimum absolute atomic E-state index is 0.201. The first kappa shape index (κ1) is 12.6. The Morgan fingerprint density at radius 1 is 1.47 bits per heavy atom. The second-order valence-electron chi connectivity index (χ2n) is 4.55. The number of carboxylic acid groups (broad SMARTS) is 1. The van der Waals surface area contributed by atoms with Crippen LogP contribution in [0.15, 0.2) is 28.7 Å². The molecule has 0 amide bonds. The van der Waals surface area contributed by atoms with Crippen LogP contribution in [0.1, 0.15) is 24.9 Å². The Hall–Kier alpha value is -0.870. The Kier molecular flexibility index (Phi) is 3.84. The molecule has 17 heavy (non-hydrogen) atoms. The second-order valence-corrected chi connectivity index (χ2v) is 5.46. The van der Waals surface area contributed by atoms with Crippen LogP contribution in [0, 0.1) is 5.92 Å². The summed E-state index contributed by atoms with van der Waals surface area (Å²) in [6.45, 7) is 3.66. The van der Waals surface area contributed by atoms with Crippen LogP contribution in [0.3, 0.4) is 0 Å². The molecule has 92 valence electrons. The van der Waals surface area contributed by atoms with Crippen LogP contribution in [-0.2, 0) is 4.79 Å². The molecule has 2 atom stereocenters. The van der Waals surface area contributed by atoms with Crippen LogP contribution >= 0.6 is 15.9 Å². The predicted octanol–water partition coefficient (Wildman–Crippen LogP) is 2.92. The van der Waals surface area contributed by atoms with Crippen LogP contribution in [0.2, 0.25) is 0 Å². The summed E-state index contributed by atoms with van der Waals surface area (Å²) in [6, 6.07) is 8.51. The highest BCUT2D eigenvalue weighted by Gasteiger charge is 2.30. The fraction of sp³-hybridized carbons (Fsp3) is 0.462. The van der Waals surface area contributed by atoms with E-state index in [2.05, 4.69) is 39.9 Å². The van der Waals surface area contributed by atoms with Gasteiger partial charge in [0.15, 0.2) is 0 Å². The van der Waals surface area contributed by atoms with Crippen molar-refractivity contribution in [2.45, 2.75) is 19.4 Å². The zero-order valence-corrected chi connectivity index (χ0v) is 11.4. The fourth-order valence-corrected chi connectivity index (χ4v) is 2.56. The Morgan fingerprint density at radius 3 is 2.65 bits per heavy atom. The second kappa shape index (κ2) is 5.19. The highest BCUT2D eigenvalue weighted by molar-refractivity contribution is 9.10. The maximum atomic E-state index is 10.9. The molecule has 2 rings (SSSR count). The van der Waals surface area contributed by atoms with E-state index in [-0.39, 0.29) is 12.0 Å². The van der Waals surface area contributed by atoms with E-state index in [1.54, 1.807) is 0 Å². The number of nitrogens with zero attached hydrogens (tertiary/aromatic N) is 1. The number of likely N-dealkylation sites (tertiary alicyclic amines) is 1. The molecule has 3 nitrogen and oxygen atoms in total. The van der Waals surface area contributed by atoms with Crippen molar-refractivity contribution in [2.75, 3.05) is 13.1 Å². The van der Waals surface area contributed by atoms with Gasteiger partial charge in [-0.3, -0.25) is 9.69 Å². The number of hydrogen-bond donors (Lipinski definition) is 1. The minimum Gasteiger partial charge on any atom is -0.481 e. The molecule has 0 aliphatic carbocycles. The minimum atomic E-state index is -0.671. The molecular formula is C13H16BrNO2. The zero-order valence-electron chi connectivity index (χ0n) is 9.77. The third kappa shape index (κ3) is 2.87. The summed E-state index contributed by atoms with van der Waals surface area (Å²) in [5, 5.41) is 8.99. The summed E-state index contributed by atoms with van der Waals surface area (Å²) < 4.78 is 1.07. The van der Waals surface area contributed by atoms with Crippen molar-refractivity contribution in [3.8, 4) is 0 Å². The van der Waals surface area contributed by atoms with Gasteiger partial charge in [-0.05, 0) is 37.6 Å². The van der Waals surface area contributed by atoms with E-state index in [0.29, 0.717) is 6.54 Å². The van der Waals surface area contributed by atoms with Crippen molar-refractivity contribution in [1.29, 1.82) is 0 Å². The molecule has 1 fully saturated rings. The van der Waals surface area contributed by atoms with Crippen molar-refractivity contribution >= 4 is 21.9 Å². The van der Waals surface area contributed by atoms with Crippen molar-refractivity contribution in [1.82, 2.24) is 4.90 Å². The summed E-state index contributed by atoms with van der Waals surface area (Å²) in [6.07, 6.45) is 0.760. The molecule has 1 saturated heterocycles. The van der Waals surface area contributed by atoms with Gasteiger partial charge < -0.3 is 5.11 Å². The van der Waals surface area contributed by atoms with Crippen molar-refractivity contribution in [3.05, 3.63) is 34.3 Å². The van der Waals surface area contributed by atoms with Gasteiger partial charge in [0.2, 0.25) is 0 Å². The van der Waals surface area contributed by atoms with E-state index < -0.39 is 5.97 Å². The van der Waals surface area contributed by atoms with E-state index in [1.807, 2.05) is 12.1 Å². The Bertz CT molecular complexity index is 404. The quantitative estimate of drug-likeness (QED) is 0.932. The van der Waals surface area contributed by atoms with Gasteiger partial charge in [0.1, 0.15) is 0 Å². The van der Waals surface area contributed by atoms with E-state index >= 15 is 0 Å². The molecule has 1 aromatic rings. The van der Waals surface area contributed by atoms with Gasteiger partial charge >= 0.3 is 5.97 Å². The van der Waals surface area contributed by atoms with Gasteiger partial charge in [0.05, 0.1) is 5.92 Å². The maximum absolute atomic E-state index is 10.9. The number of carboxylic acids is 1. The SMILES string of the molecule is C[C@@H](c1ccc(Br)cc1)N1CC[C@@H](C(=O)O)C1. The lowest BCUT2D eigenvalue weighted by atomic mass is 10.1. The first-order chi connectivity index (χ1) is 8.08.